The number of carbonyl (C=O) groups excluding carboxylic acids is 1. The predicted octanol–water partition coefficient (Wildman–Crippen LogP) is 3.54. The lowest BCUT2D eigenvalue weighted by Crippen LogP contribution is -2.19. The molecule has 1 saturated carbocycles. The minimum atomic E-state index is -0.404. The normalized spacial score (nSPS) is 18.1. The van der Waals surface area contributed by atoms with Crippen LogP contribution in [0.25, 0.3) is 11.0 Å². The molecule has 0 unspecified atom stereocenters. The van der Waals surface area contributed by atoms with E-state index in [0.29, 0.717) is 0 Å². The van der Waals surface area contributed by atoms with Crippen LogP contribution in [-0.2, 0) is 10.3 Å². The number of nitrogens with zero attached hydrogens (tertiary/aromatic N) is 1. The molecule has 0 saturated heterocycles. The quantitative estimate of drug-likeness (QED) is 0.581. The number of rotatable bonds is 2. The number of isocyanates is 1. The Morgan fingerprint density at radius 1 is 1.24 bits per heavy atom. The van der Waals surface area contributed by atoms with Crippen LogP contribution in [0.2, 0.25) is 0 Å². The first-order valence-corrected chi connectivity index (χ1v) is 5.91. The third kappa shape index (κ3) is 1.51. The molecule has 0 amide bonds. The third-order valence-electron chi connectivity index (χ3n) is 3.67. The van der Waals surface area contributed by atoms with Crippen LogP contribution in [0.1, 0.15) is 31.2 Å². The Bertz CT molecular complexity index is 587. The highest BCUT2D eigenvalue weighted by Crippen LogP contribution is 2.44. The van der Waals surface area contributed by atoms with Gasteiger partial charge in [0.05, 0.1) is 6.26 Å². The van der Waals surface area contributed by atoms with Gasteiger partial charge in [0, 0.05) is 10.9 Å². The SMILES string of the molecule is O=C=NC1(c2cccc3ccoc23)CCCC1. The second-order valence-corrected chi connectivity index (χ2v) is 4.59. The van der Waals surface area contributed by atoms with E-state index in [0.717, 1.165) is 42.2 Å². The largest absolute Gasteiger partial charge is 0.464 e. The summed E-state index contributed by atoms with van der Waals surface area (Å²) in [7, 11) is 0. The molecule has 0 spiro atoms. The second kappa shape index (κ2) is 3.86. The molecule has 17 heavy (non-hydrogen) atoms. The van der Waals surface area contributed by atoms with Gasteiger partial charge in [0.25, 0.3) is 0 Å². The topological polar surface area (TPSA) is 42.6 Å². The Morgan fingerprint density at radius 3 is 2.82 bits per heavy atom. The summed E-state index contributed by atoms with van der Waals surface area (Å²) in [5.74, 6) is 0. The molecule has 2 aromatic rings. The summed E-state index contributed by atoms with van der Waals surface area (Å²) < 4.78 is 5.54. The molecule has 1 aromatic carbocycles. The van der Waals surface area contributed by atoms with Crippen molar-refractivity contribution in [2.75, 3.05) is 0 Å². The molecule has 3 nitrogen and oxygen atoms in total. The zero-order chi connectivity index (χ0) is 11.7. The van der Waals surface area contributed by atoms with Crippen molar-refractivity contribution in [2.45, 2.75) is 31.2 Å². The molecule has 1 aromatic heterocycles. The molecule has 1 heterocycles. The van der Waals surface area contributed by atoms with E-state index in [9.17, 15) is 4.79 Å². The first-order valence-electron chi connectivity index (χ1n) is 5.91. The number of furan rings is 1. The van der Waals surface area contributed by atoms with E-state index < -0.39 is 5.54 Å². The smallest absolute Gasteiger partial charge is 0.235 e. The molecule has 0 bridgehead atoms. The molecule has 1 aliphatic rings. The molecule has 1 aliphatic carbocycles. The van der Waals surface area contributed by atoms with E-state index in [-0.39, 0.29) is 0 Å². The fraction of sp³-hybridized carbons (Fsp3) is 0.357. The van der Waals surface area contributed by atoms with Gasteiger partial charge in [-0.25, -0.2) is 4.79 Å². The molecule has 0 radical (unpaired) electrons. The van der Waals surface area contributed by atoms with Crippen LogP contribution in [0, 0.1) is 0 Å². The summed E-state index contributed by atoms with van der Waals surface area (Å²) in [5.41, 5.74) is 1.48. The lowest BCUT2D eigenvalue weighted by Gasteiger charge is -2.22. The van der Waals surface area contributed by atoms with Gasteiger partial charge < -0.3 is 4.42 Å². The highest BCUT2D eigenvalue weighted by atomic mass is 16.3. The minimum absolute atomic E-state index is 0.404. The second-order valence-electron chi connectivity index (χ2n) is 4.59. The average molecular weight is 227 g/mol. The van der Waals surface area contributed by atoms with Crippen LogP contribution in [-0.4, -0.2) is 6.08 Å². The number of benzene rings is 1. The van der Waals surface area contributed by atoms with E-state index in [1.54, 1.807) is 12.3 Å². The van der Waals surface area contributed by atoms with Crippen molar-refractivity contribution in [1.82, 2.24) is 0 Å². The van der Waals surface area contributed by atoms with Gasteiger partial charge in [-0.1, -0.05) is 31.0 Å². The maximum Gasteiger partial charge on any atom is 0.235 e. The first-order chi connectivity index (χ1) is 8.36. The van der Waals surface area contributed by atoms with Gasteiger partial charge in [-0.3, -0.25) is 0 Å². The standard InChI is InChI=1S/C14H13NO2/c16-10-15-14(7-1-2-8-14)12-5-3-4-11-6-9-17-13(11)12/h3-6,9H,1-2,7-8H2. The molecule has 0 aliphatic heterocycles. The molecule has 0 N–H and O–H groups in total. The van der Waals surface area contributed by atoms with Crippen molar-refractivity contribution in [2.24, 2.45) is 4.99 Å². The molecule has 86 valence electrons. The van der Waals surface area contributed by atoms with Crippen LogP contribution < -0.4 is 0 Å². The Labute approximate surface area is 99.1 Å². The monoisotopic (exact) mass is 227 g/mol. The van der Waals surface area contributed by atoms with Crippen molar-refractivity contribution in [3.63, 3.8) is 0 Å². The van der Waals surface area contributed by atoms with Crippen LogP contribution in [0.4, 0.5) is 0 Å². The predicted molar refractivity (Wildman–Crippen MR) is 64.5 cm³/mol. The van der Waals surface area contributed by atoms with Crippen LogP contribution in [0.15, 0.2) is 39.9 Å². The third-order valence-corrected chi connectivity index (χ3v) is 3.67. The van der Waals surface area contributed by atoms with Gasteiger partial charge in [0.2, 0.25) is 6.08 Å². The zero-order valence-electron chi connectivity index (χ0n) is 9.48. The summed E-state index contributed by atoms with van der Waals surface area (Å²) in [6, 6.07) is 7.95. The number of hydrogen-bond donors (Lipinski definition) is 0. The van der Waals surface area contributed by atoms with Crippen molar-refractivity contribution in [3.8, 4) is 0 Å². The summed E-state index contributed by atoms with van der Waals surface area (Å²) in [6.07, 6.45) is 7.43. The van der Waals surface area contributed by atoms with Gasteiger partial charge in [0.1, 0.15) is 11.1 Å². The van der Waals surface area contributed by atoms with Gasteiger partial charge in [-0.15, -0.1) is 0 Å². The van der Waals surface area contributed by atoms with E-state index >= 15 is 0 Å². The fourth-order valence-electron chi connectivity index (χ4n) is 2.85. The highest BCUT2D eigenvalue weighted by Gasteiger charge is 2.37. The lowest BCUT2D eigenvalue weighted by atomic mass is 9.88. The molecular weight excluding hydrogens is 214 g/mol. The molecule has 1 fully saturated rings. The lowest BCUT2D eigenvalue weighted by molar-refractivity contribution is 0.451. The minimum Gasteiger partial charge on any atom is -0.464 e. The summed E-state index contributed by atoms with van der Waals surface area (Å²) in [4.78, 5) is 14.8. The fourth-order valence-corrected chi connectivity index (χ4v) is 2.85. The van der Waals surface area contributed by atoms with Crippen molar-refractivity contribution in [3.05, 3.63) is 36.1 Å². The Morgan fingerprint density at radius 2 is 2.06 bits per heavy atom. The molecular formula is C14H13NO2. The summed E-state index contributed by atoms with van der Waals surface area (Å²) >= 11 is 0. The number of hydrogen-bond acceptors (Lipinski definition) is 3. The summed E-state index contributed by atoms with van der Waals surface area (Å²) in [5, 5.41) is 1.06. The number of para-hydroxylation sites is 1. The summed E-state index contributed by atoms with van der Waals surface area (Å²) in [6.45, 7) is 0. The molecule has 3 heteroatoms. The molecule has 0 atom stereocenters. The van der Waals surface area contributed by atoms with E-state index in [2.05, 4.69) is 4.99 Å². The first kappa shape index (κ1) is 10.3. The molecule has 3 rings (SSSR count). The van der Waals surface area contributed by atoms with Crippen molar-refractivity contribution < 1.29 is 9.21 Å². The van der Waals surface area contributed by atoms with E-state index in [1.807, 2.05) is 24.3 Å². The number of aliphatic imine (C=N–C) groups is 1. The Kier molecular flexibility index (Phi) is 2.34. The number of fused-ring (bicyclic) bond motifs is 1. The van der Waals surface area contributed by atoms with Gasteiger partial charge in [-0.2, -0.15) is 4.99 Å². The van der Waals surface area contributed by atoms with Crippen molar-refractivity contribution in [1.29, 1.82) is 0 Å². The zero-order valence-corrected chi connectivity index (χ0v) is 9.48. The Hall–Kier alpha value is -1.86. The van der Waals surface area contributed by atoms with Crippen LogP contribution in [0.3, 0.4) is 0 Å². The van der Waals surface area contributed by atoms with Crippen LogP contribution >= 0.6 is 0 Å². The van der Waals surface area contributed by atoms with Crippen molar-refractivity contribution >= 4 is 17.0 Å². The Balaban J connectivity index is 2.25. The highest BCUT2D eigenvalue weighted by molar-refractivity contribution is 5.81. The van der Waals surface area contributed by atoms with Gasteiger partial charge >= 0.3 is 0 Å². The van der Waals surface area contributed by atoms with E-state index in [1.165, 1.54) is 0 Å². The van der Waals surface area contributed by atoms with Gasteiger partial charge in [-0.05, 0) is 18.9 Å². The maximum absolute atomic E-state index is 10.7. The van der Waals surface area contributed by atoms with E-state index in [4.69, 9.17) is 4.42 Å². The maximum atomic E-state index is 10.7. The average Bonchev–Trinajstić information content (AvgIpc) is 2.97. The van der Waals surface area contributed by atoms with Gasteiger partial charge in [0.15, 0.2) is 0 Å². The van der Waals surface area contributed by atoms with Crippen LogP contribution in [0.5, 0.6) is 0 Å².